The lowest BCUT2D eigenvalue weighted by molar-refractivity contribution is 1.86. The number of fused-ring (bicyclic) bond motifs is 3. The van der Waals surface area contributed by atoms with Crippen LogP contribution in [0.2, 0.25) is 0 Å². The predicted octanol–water partition coefficient (Wildman–Crippen LogP) is -6.78. The second-order valence-electron chi connectivity index (χ2n) is 7.12. The van der Waals surface area contributed by atoms with Crippen LogP contribution in [0.4, 0.5) is 0 Å². The Morgan fingerprint density at radius 3 is 1.29 bits per heavy atom. The molecule has 0 aliphatic rings. The summed E-state index contributed by atoms with van der Waals surface area (Å²) in [4.78, 5) is 0. The van der Waals surface area contributed by atoms with Crippen LogP contribution in [0.1, 0.15) is 0 Å². The Balaban J connectivity index is 2.40. The number of hydrogen-bond acceptors (Lipinski definition) is 1. The third-order valence-electron chi connectivity index (χ3n) is 5.48. The predicted molar refractivity (Wildman–Crippen MR) is 152 cm³/mol. The Morgan fingerprint density at radius 1 is 0.387 bits per heavy atom. The first-order valence-corrected chi connectivity index (χ1v) is 10.4. The first-order valence-electron chi connectivity index (χ1n) is 8.77. The summed E-state index contributed by atoms with van der Waals surface area (Å²) >= 11 is 4.55. The fraction of sp³-hybridized carbons (Fsp3) is 0. The van der Waals surface area contributed by atoms with E-state index < -0.39 is 0 Å². The third-order valence-corrected chi connectivity index (χ3v) is 7.59. The van der Waals surface area contributed by atoms with Crippen LogP contribution >= 0.6 is 27.3 Å². The number of benzene rings is 3. The zero-order valence-corrected chi connectivity index (χ0v) is 18.5. The van der Waals surface area contributed by atoms with Gasteiger partial charge in [0.25, 0.3) is 0 Å². The van der Waals surface area contributed by atoms with Crippen molar-refractivity contribution in [2.45, 2.75) is 0 Å². The van der Waals surface area contributed by atoms with Crippen LogP contribution in [0.3, 0.4) is 0 Å². The molecule has 0 spiro atoms. The van der Waals surface area contributed by atoms with Crippen molar-refractivity contribution in [3.05, 3.63) is 4.47 Å². The van der Waals surface area contributed by atoms with Gasteiger partial charge in [-0.15, -0.1) is 27.7 Å². The molecule has 1 aromatic heterocycles. The molecule has 118 valence electrons. The Bertz CT molecular complexity index is 1430. The van der Waals surface area contributed by atoms with Crippen LogP contribution in [-0.4, -0.2) is 86.3 Å². The molecule has 3 aromatic carbocycles. The lowest BCUT2D eigenvalue weighted by Crippen LogP contribution is -2.48. The smallest absolute Gasteiger partial charge is 0.114 e. The highest BCUT2D eigenvalue weighted by Gasteiger charge is 2.23. The standard InChI is InChI=1S/C18B11BrS/c19-5-1(3-6(20)12(26)16(30)13(27)7(3)21)2-4-8(22)9(23)11(25)15(29)18(4)31-17(2)14(28)10(5)24. The highest BCUT2D eigenvalue weighted by Crippen LogP contribution is 2.34. The Morgan fingerprint density at radius 2 is 0.774 bits per heavy atom. The molecule has 0 aliphatic heterocycles. The average Bonchev–Trinajstić information content (AvgIpc) is 3.14. The van der Waals surface area contributed by atoms with Gasteiger partial charge in [-0.2, -0.15) is 0 Å². The van der Waals surface area contributed by atoms with Gasteiger partial charge in [0.15, 0.2) is 0 Å². The first-order chi connectivity index (χ1) is 14.4. The minimum Gasteiger partial charge on any atom is -0.136 e. The van der Waals surface area contributed by atoms with Crippen LogP contribution in [0.15, 0.2) is 4.47 Å². The lowest BCUT2D eigenvalue weighted by atomic mass is 9.61. The third kappa shape index (κ3) is 3.09. The van der Waals surface area contributed by atoms with Crippen LogP contribution in [0.25, 0.3) is 31.3 Å². The molecule has 4 rings (SSSR count). The van der Waals surface area contributed by atoms with Gasteiger partial charge in [0.1, 0.15) is 86.3 Å². The molecular weight excluding hydrogens is 447 g/mol. The zero-order valence-electron chi connectivity index (χ0n) is 16.1. The van der Waals surface area contributed by atoms with Gasteiger partial charge in [0.2, 0.25) is 0 Å². The highest BCUT2D eigenvalue weighted by atomic mass is 79.9. The van der Waals surface area contributed by atoms with E-state index in [-0.39, 0.29) is 60.1 Å². The second-order valence-corrected chi connectivity index (χ2v) is 8.94. The fourth-order valence-electron chi connectivity index (χ4n) is 3.71. The van der Waals surface area contributed by atoms with E-state index in [2.05, 4.69) is 15.9 Å². The molecule has 0 saturated heterocycles. The van der Waals surface area contributed by atoms with Crippen molar-refractivity contribution in [2.75, 3.05) is 0 Å². The summed E-state index contributed by atoms with van der Waals surface area (Å²) in [7, 11) is 68.8. The summed E-state index contributed by atoms with van der Waals surface area (Å²) in [6.07, 6.45) is 0. The summed E-state index contributed by atoms with van der Waals surface area (Å²) in [6.45, 7) is 0. The Hall–Kier alpha value is -0.926. The number of thiophene rings is 1. The van der Waals surface area contributed by atoms with E-state index in [1.165, 1.54) is 11.3 Å². The van der Waals surface area contributed by atoms with Crippen LogP contribution in [0, 0.1) is 0 Å². The van der Waals surface area contributed by atoms with Gasteiger partial charge in [0.05, 0.1) is 0 Å². The SMILES string of the molecule is [B]c1c([B])c(-c2c([B])c([B])c([B])c3sc4c([B])c([B])c([B])c([B])c4c23)c([B])c([B])c1Br. The molecule has 0 bridgehead atoms. The van der Waals surface area contributed by atoms with Crippen molar-refractivity contribution < 1.29 is 0 Å². The van der Waals surface area contributed by atoms with E-state index in [1.54, 1.807) is 0 Å². The topological polar surface area (TPSA) is 0 Å². The largest absolute Gasteiger partial charge is 0.136 e. The maximum Gasteiger partial charge on any atom is 0.114 e. The summed E-state index contributed by atoms with van der Waals surface area (Å²) in [5.41, 5.74) is 2.72. The monoisotopic (exact) mass is 448 g/mol. The van der Waals surface area contributed by atoms with E-state index in [9.17, 15) is 0 Å². The molecule has 0 fully saturated rings. The number of halogens is 1. The van der Waals surface area contributed by atoms with Crippen LogP contribution in [-0.2, 0) is 0 Å². The van der Waals surface area contributed by atoms with E-state index >= 15 is 0 Å². The summed E-state index contributed by atoms with van der Waals surface area (Å²) in [5.74, 6) is 0. The number of hydrogen-bond donors (Lipinski definition) is 0. The maximum atomic E-state index is 6.43. The molecule has 22 radical (unpaired) electrons. The molecule has 0 saturated carbocycles. The molecular formula is C18B11BrS. The molecule has 0 aliphatic carbocycles. The molecule has 0 unspecified atom stereocenters. The van der Waals surface area contributed by atoms with Gasteiger partial charge in [0, 0.05) is 19.3 Å². The van der Waals surface area contributed by atoms with E-state index in [0.29, 0.717) is 35.8 Å². The fourth-order valence-corrected chi connectivity index (χ4v) is 5.41. The molecule has 0 atom stereocenters. The minimum atomic E-state index is 0.137. The van der Waals surface area contributed by atoms with Gasteiger partial charge in [-0.3, -0.25) is 0 Å². The van der Waals surface area contributed by atoms with Gasteiger partial charge in [-0.1, -0.05) is 59.6 Å². The van der Waals surface area contributed by atoms with Gasteiger partial charge in [-0.05, 0) is 16.5 Å². The van der Waals surface area contributed by atoms with E-state index in [4.69, 9.17) is 86.3 Å². The summed E-state index contributed by atoms with van der Waals surface area (Å²) in [6, 6.07) is 0. The van der Waals surface area contributed by atoms with Crippen molar-refractivity contribution in [2.24, 2.45) is 0 Å². The maximum absolute atomic E-state index is 6.43. The quantitative estimate of drug-likeness (QED) is 0.255. The summed E-state index contributed by atoms with van der Waals surface area (Å²) < 4.78 is 1.52. The Labute approximate surface area is 208 Å². The van der Waals surface area contributed by atoms with Crippen molar-refractivity contribution in [1.29, 1.82) is 0 Å². The van der Waals surface area contributed by atoms with Gasteiger partial charge >= 0.3 is 0 Å². The molecule has 31 heavy (non-hydrogen) atoms. The van der Waals surface area contributed by atoms with Crippen LogP contribution < -0.4 is 60.1 Å². The van der Waals surface area contributed by atoms with E-state index in [1.807, 2.05) is 0 Å². The first kappa shape index (κ1) is 23.2. The molecule has 1 heterocycles. The molecule has 0 N–H and O–H groups in total. The highest BCUT2D eigenvalue weighted by molar-refractivity contribution is 9.10. The molecule has 13 heteroatoms. The molecule has 4 aromatic rings. The van der Waals surface area contributed by atoms with Gasteiger partial charge < -0.3 is 0 Å². The van der Waals surface area contributed by atoms with Gasteiger partial charge in [-0.25, -0.2) is 0 Å². The molecule has 0 nitrogen and oxygen atoms in total. The van der Waals surface area contributed by atoms with Crippen molar-refractivity contribution in [3.8, 4) is 11.1 Å². The minimum absolute atomic E-state index is 0.137. The van der Waals surface area contributed by atoms with Crippen molar-refractivity contribution in [1.82, 2.24) is 0 Å². The van der Waals surface area contributed by atoms with Crippen molar-refractivity contribution >= 4 is 194 Å². The normalized spacial score (nSPS) is 11.5. The number of rotatable bonds is 1. The zero-order chi connectivity index (χ0) is 23.1. The Kier molecular flexibility index (Phi) is 5.88. The molecule has 0 amide bonds. The second kappa shape index (κ2) is 7.84. The lowest BCUT2D eigenvalue weighted by Gasteiger charge is -2.25. The van der Waals surface area contributed by atoms with E-state index in [0.717, 1.165) is 0 Å². The summed E-state index contributed by atoms with van der Waals surface area (Å²) in [5, 5.41) is 1.04. The average molecular weight is 447 g/mol. The van der Waals surface area contributed by atoms with Crippen LogP contribution in [0.5, 0.6) is 0 Å². The van der Waals surface area contributed by atoms with Crippen molar-refractivity contribution in [3.63, 3.8) is 0 Å².